The lowest BCUT2D eigenvalue weighted by Crippen LogP contribution is -2.28. The maximum atomic E-state index is 11.9. The average Bonchev–Trinajstić information content (AvgIpc) is 2.71. The van der Waals surface area contributed by atoms with Crippen molar-refractivity contribution in [2.75, 3.05) is 0 Å². The van der Waals surface area contributed by atoms with Crippen LogP contribution in [0.25, 0.3) is 0 Å². The number of nitro groups is 1. The molecular weight excluding hydrogens is 308 g/mol. The van der Waals surface area contributed by atoms with Crippen molar-refractivity contribution in [3.63, 3.8) is 0 Å². The molecule has 0 spiro atoms. The Morgan fingerprint density at radius 3 is 2.77 bits per heavy atom. The van der Waals surface area contributed by atoms with Crippen LogP contribution in [-0.2, 0) is 17.9 Å². The highest BCUT2D eigenvalue weighted by atomic mass is 35.5. The number of benzene rings is 1. The fourth-order valence-electron chi connectivity index (χ4n) is 2.15. The summed E-state index contributed by atoms with van der Waals surface area (Å²) in [6, 6.07) is 7.16. The van der Waals surface area contributed by atoms with Crippen molar-refractivity contribution in [3.05, 3.63) is 56.4 Å². The standard InChI is InChI=1S/C14H15ClN4O3/c1-9-14(19(21)22)10(2)18(17-9)8-13(20)16-7-11-4-3-5-12(15)6-11/h3-6H,7-8H2,1-2H3,(H,16,20). The zero-order valence-electron chi connectivity index (χ0n) is 12.2. The van der Waals surface area contributed by atoms with E-state index in [4.69, 9.17) is 11.6 Å². The molecule has 1 heterocycles. The molecule has 0 aliphatic carbocycles. The lowest BCUT2D eigenvalue weighted by Gasteiger charge is -2.07. The fourth-order valence-corrected chi connectivity index (χ4v) is 2.36. The van der Waals surface area contributed by atoms with Crippen LogP contribution in [0.5, 0.6) is 0 Å². The van der Waals surface area contributed by atoms with Gasteiger partial charge >= 0.3 is 5.69 Å². The van der Waals surface area contributed by atoms with Crippen molar-refractivity contribution >= 4 is 23.2 Å². The topological polar surface area (TPSA) is 90.1 Å². The Balaban J connectivity index is 2.01. The number of nitrogens with one attached hydrogen (secondary N) is 1. The first kappa shape index (κ1) is 16.0. The molecule has 0 aliphatic heterocycles. The minimum atomic E-state index is -0.488. The van der Waals surface area contributed by atoms with Gasteiger partial charge in [0.1, 0.15) is 17.9 Å². The van der Waals surface area contributed by atoms with Gasteiger partial charge in [0, 0.05) is 11.6 Å². The number of carbonyl (C=O) groups excluding carboxylic acids is 1. The average molecular weight is 323 g/mol. The molecule has 0 radical (unpaired) electrons. The van der Waals surface area contributed by atoms with Crippen LogP contribution < -0.4 is 5.32 Å². The number of halogens is 1. The van der Waals surface area contributed by atoms with Crippen LogP contribution in [0.1, 0.15) is 17.0 Å². The van der Waals surface area contributed by atoms with Gasteiger partial charge in [0.15, 0.2) is 0 Å². The molecule has 0 atom stereocenters. The predicted molar refractivity (Wildman–Crippen MR) is 81.7 cm³/mol. The molecule has 22 heavy (non-hydrogen) atoms. The second-order valence-electron chi connectivity index (χ2n) is 4.84. The molecule has 1 N–H and O–H groups in total. The van der Waals surface area contributed by atoms with Crippen LogP contribution in [-0.4, -0.2) is 20.6 Å². The van der Waals surface area contributed by atoms with E-state index in [1.807, 2.05) is 6.07 Å². The van der Waals surface area contributed by atoms with E-state index in [2.05, 4.69) is 10.4 Å². The number of carbonyl (C=O) groups is 1. The summed E-state index contributed by atoms with van der Waals surface area (Å²) in [6.45, 7) is 3.38. The van der Waals surface area contributed by atoms with E-state index >= 15 is 0 Å². The Morgan fingerprint density at radius 2 is 2.18 bits per heavy atom. The molecular formula is C14H15ClN4O3. The van der Waals surface area contributed by atoms with Gasteiger partial charge in [-0.15, -0.1) is 0 Å². The SMILES string of the molecule is Cc1nn(CC(=O)NCc2cccc(Cl)c2)c(C)c1[N+](=O)[O-]. The summed E-state index contributed by atoms with van der Waals surface area (Å²) in [4.78, 5) is 22.4. The maximum Gasteiger partial charge on any atom is 0.312 e. The van der Waals surface area contributed by atoms with Gasteiger partial charge in [0.2, 0.25) is 5.91 Å². The number of amides is 1. The predicted octanol–water partition coefficient (Wildman–Crippen LogP) is 2.38. The Morgan fingerprint density at radius 1 is 1.45 bits per heavy atom. The van der Waals surface area contributed by atoms with Gasteiger partial charge in [0.25, 0.3) is 0 Å². The van der Waals surface area contributed by atoms with E-state index in [1.54, 1.807) is 32.0 Å². The van der Waals surface area contributed by atoms with E-state index in [1.165, 1.54) is 4.68 Å². The van der Waals surface area contributed by atoms with Crippen LogP contribution in [0.4, 0.5) is 5.69 Å². The van der Waals surface area contributed by atoms with Gasteiger partial charge in [-0.3, -0.25) is 19.6 Å². The minimum absolute atomic E-state index is 0.0531. The zero-order valence-corrected chi connectivity index (χ0v) is 12.9. The Bertz CT molecular complexity index is 727. The van der Waals surface area contributed by atoms with Crippen LogP contribution in [0.2, 0.25) is 5.02 Å². The van der Waals surface area contributed by atoms with Gasteiger partial charge in [0.05, 0.1) is 4.92 Å². The molecule has 0 saturated heterocycles. The molecule has 7 nitrogen and oxygen atoms in total. The normalized spacial score (nSPS) is 10.5. The largest absolute Gasteiger partial charge is 0.350 e. The summed E-state index contributed by atoms with van der Waals surface area (Å²) in [5.41, 5.74) is 1.48. The van der Waals surface area contributed by atoms with Crippen molar-refractivity contribution in [1.29, 1.82) is 0 Å². The van der Waals surface area contributed by atoms with Crippen LogP contribution in [0.15, 0.2) is 24.3 Å². The lowest BCUT2D eigenvalue weighted by atomic mass is 10.2. The molecule has 1 aromatic heterocycles. The van der Waals surface area contributed by atoms with Crippen LogP contribution >= 0.6 is 11.6 Å². The highest BCUT2D eigenvalue weighted by Gasteiger charge is 2.22. The van der Waals surface area contributed by atoms with Gasteiger partial charge in [-0.1, -0.05) is 23.7 Å². The molecule has 0 bridgehead atoms. The number of rotatable bonds is 5. The van der Waals surface area contributed by atoms with E-state index in [0.717, 1.165) is 5.56 Å². The summed E-state index contributed by atoms with van der Waals surface area (Å²) in [6.07, 6.45) is 0. The smallest absolute Gasteiger partial charge is 0.312 e. The summed E-state index contributed by atoms with van der Waals surface area (Å²) in [7, 11) is 0. The molecule has 1 aromatic carbocycles. The van der Waals surface area contributed by atoms with Crippen molar-refractivity contribution in [3.8, 4) is 0 Å². The second kappa shape index (κ2) is 6.57. The third-order valence-corrected chi connectivity index (χ3v) is 3.43. The number of hydrogen-bond acceptors (Lipinski definition) is 4. The molecule has 1 amide bonds. The van der Waals surface area contributed by atoms with Crippen molar-refractivity contribution in [2.24, 2.45) is 0 Å². The van der Waals surface area contributed by atoms with Crippen molar-refractivity contribution in [2.45, 2.75) is 26.9 Å². The third-order valence-electron chi connectivity index (χ3n) is 3.20. The minimum Gasteiger partial charge on any atom is -0.350 e. The van der Waals surface area contributed by atoms with E-state index in [0.29, 0.717) is 23.0 Å². The van der Waals surface area contributed by atoms with Crippen molar-refractivity contribution < 1.29 is 9.72 Å². The molecule has 116 valence electrons. The number of hydrogen-bond donors (Lipinski definition) is 1. The van der Waals surface area contributed by atoms with Gasteiger partial charge < -0.3 is 5.32 Å². The van der Waals surface area contributed by atoms with Crippen LogP contribution in [0.3, 0.4) is 0 Å². The van der Waals surface area contributed by atoms with E-state index < -0.39 is 4.92 Å². The Hall–Kier alpha value is -2.41. The van der Waals surface area contributed by atoms with Gasteiger partial charge in [-0.05, 0) is 31.5 Å². The summed E-state index contributed by atoms with van der Waals surface area (Å²) in [5.74, 6) is -0.277. The molecule has 8 heteroatoms. The van der Waals surface area contributed by atoms with Crippen LogP contribution in [0, 0.1) is 24.0 Å². The Labute approximate surface area is 132 Å². The summed E-state index contributed by atoms with van der Waals surface area (Å²) in [5, 5.41) is 18.3. The third kappa shape index (κ3) is 3.62. The first-order chi connectivity index (χ1) is 10.4. The first-order valence-electron chi connectivity index (χ1n) is 6.58. The Kier molecular flexibility index (Phi) is 4.77. The quantitative estimate of drug-likeness (QED) is 0.676. The lowest BCUT2D eigenvalue weighted by molar-refractivity contribution is -0.386. The number of aromatic nitrogens is 2. The molecule has 0 fully saturated rings. The highest BCUT2D eigenvalue weighted by Crippen LogP contribution is 2.21. The summed E-state index contributed by atoms with van der Waals surface area (Å²) < 4.78 is 1.33. The highest BCUT2D eigenvalue weighted by molar-refractivity contribution is 6.30. The molecule has 0 aliphatic rings. The monoisotopic (exact) mass is 322 g/mol. The zero-order chi connectivity index (χ0) is 16.3. The first-order valence-corrected chi connectivity index (χ1v) is 6.96. The second-order valence-corrected chi connectivity index (χ2v) is 5.28. The maximum absolute atomic E-state index is 11.9. The fraction of sp³-hybridized carbons (Fsp3) is 0.286. The molecule has 0 saturated carbocycles. The van der Waals surface area contributed by atoms with E-state index in [-0.39, 0.29) is 18.1 Å². The van der Waals surface area contributed by atoms with Gasteiger partial charge in [-0.25, -0.2) is 0 Å². The number of aryl methyl sites for hydroxylation is 1. The molecule has 2 aromatic rings. The summed E-state index contributed by atoms with van der Waals surface area (Å²) >= 11 is 5.87. The molecule has 0 unspecified atom stereocenters. The number of nitrogens with zero attached hydrogens (tertiary/aromatic N) is 3. The molecule has 2 rings (SSSR count). The van der Waals surface area contributed by atoms with Gasteiger partial charge in [-0.2, -0.15) is 5.10 Å². The van der Waals surface area contributed by atoms with E-state index in [9.17, 15) is 14.9 Å². The van der Waals surface area contributed by atoms with Crippen molar-refractivity contribution in [1.82, 2.24) is 15.1 Å².